The maximum atomic E-state index is 12.8. The van der Waals surface area contributed by atoms with Crippen LogP contribution in [0.5, 0.6) is 0 Å². The summed E-state index contributed by atoms with van der Waals surface area (Å²) < 4.78 is 0. The number of hydrogen-bond donors (Lipinski definition) is 3. The molecule has 33 heavy (non-hydrogen) atoms. The molecule has 0 saturated heterocycles. The maximum absolute atomic E-state index is 12.8. The number of fused-ring (bicyclic) bond motifs is 1. The minimum absolute atomic E-state index is 0.0461. The fourth-order valence-corrected chi connectivity index (χ4v) is 4.94. The molecule has 1 aromatic rings. The minimum Gasteiger partial charge on any atom is -0.465 e. The number of benzene rings is 1. The highest BCUT2D eigenvalue weighted by Crippen LogP contribution is 2.27. The number of nitrogens with one attached hydrogen (secondary N) is 2. The first-order valence-corrected chi connectivity index (χ1v) is 12.1. The van der Waals surface area contributed by atoms with Crippen molar-refractivity contribution < 1.29 is 24.3 Å². The second-order valence-electron chi connectivity index (χ2n) is 9.22. The Balaban J connectivity index is 1.52. The number of carbonyl (C=O) groups excluding carboxylic acids is 3. The van der Waals surface area contributed by atoms with Crippen LogP contribution in [0, 0.1) is 5.92 Å². The summed E-state index contributed by atoms with van der Waals surface area (Å²) in [6.45, 7) is 1.22. The first kappa shape index (κ1) is 24.7. The summed E-state index contributed by atoms with van der Waals surface area (Å²) in [5, 5.41) is 14.1. The normalized spacial score (nSPS) is 18.4. The van der Waals surface area contributed by atoms with E-state index in [1.807, 2.05) is 23.1 Å². The Labute approximate surface area is 195 Å². The molecule has 1 aliphatic carbocycles. The van der Waals surface area contributed by atoms with Crippen LogP contribution in [0.2, 0.25) is 0 Å². The van der Waals surface area contributed by atoms with Crippen molar-refractivity contribution in [1.29, 1.82) is 0 Å². The van der Waals surface area contributed by atoms with Crippen molar-refractivity contribution in [2.75, 3.05) is 6.54 Å². The van der Waals surface area contributed by atoms with E-state index in [4.69, 9.17) is 5.11 Å². The van der Waals surface area contributed by atoms with Crippen LogP contribution in [0.25, 0.3) is 0 Å². The zero-order valence-electron chi connectivity index (χ0n) is 19.1. The number of carboxylic acid groups (broad SMARTS) is 1. The Bertz CT molecular complexity index is 837. The quantitative estimate of drug-likeness (QED) is 0.493. The summed E-state index contributed by atoms with van der Waals surface area (Å²) in [7, 11) is 0. The zero-order valence-corrected chi connectivity index (χ0v) is 19.1. The smallest absolute Gasteiger partial charge is 0.405 e. The van der Waals surface area contributed by atoms with Gasteiger partial charge in [0, 0.05) is 19.5 Å². The van der Waals surface area contributed by atoms with Gasteiger partial charge in [0.05, 0.1) is 6.04 Å². The van der Waals surface area contributed by atoms with Crippen LogP contribution in [-0.4, -0.2) is 52.8 Å². The lowest BCUT2D eigenvalue weighted by Gasteiger charge is -2.27. The van der Waals surface area contributed by atoms with Crippen LogP contribution >= 0.6 is 0 Å². The molecule has 2 aliphatic rings. The van der Waals surface area contributed by atoms with Crippen molar-refractivity contribution in [3.8, 4) is 0 Å². The molecule has 0 spiro atoms. The van der Waals surface area contributed by atoms with E-state index in [0.29, 0.717) is 31.7 Å². The van der Waals surface area contributed by atoms with Crippen molar-refractivity contribution in [2.45, 2.75) is 82.8 Å². The third-order valence-corrected chi connectivity index (χ3v) is 6.78. The number of aryl methyl sites for hydroxylation is 1. The van der Waals surface area contributed by atoms with Crippen LogP contribution in [0.4, 0.5) is 4.79 Å². The molecule has 0 bridgehead atoms. The molecular weight excluding hydrogens is 422 g/mol. The Kier molecular flexibility index (Phi) is 9.27. The molecule has 1 saturated carbocycles. The average Bonchev–Trinajstić information content (AvgIpc) is 3.04. The summed E-state index contributed by atoms with van der Waals surface area (Å²) in [6.07, 6.45) is 7.27. The number of aldehydes is 1. The van der Waals surface area contributed by atoms with Crippen molar-refractivity contribution in [1.82, 2.24) is 15.5 Å². The molecule has 2 atom stereocenters. The lowest BCUT2D eigenvalue weighted by Crippen LogP contribution is -2.50. The third-order valence-electron chi connectivity index (χ3n) is 6.78. The second-order valence-corrected chi connectivity index (χ2v) is 9.22. The molecule has 0 radical (unpaired) electrons. The van der Waals surface area contributed by atoms with Gasteiger partial charge in [0.1, 0.15) is 12.3 Å². The molecule has 8 heteroatoms. The maximum Gasteiger partial charge on any atom is 0.405 e. The number of amides is 3. The summed E-state index contributed by atoms with van der Waals surface area (Å²) in [6, 6.07) is 6.39. The Morgan fingerprint density at radius 1 is 1.06 bits per heavy atom. The van der Waals surface area contributed by atoms with Crippen LogP contribution in [0.15, 0.2) is 24.3 Å². The van der Waals surface area contributed by atoms with Crippen molar-refractivity contribution in [3.05, 3.63) is 35.4 Å². The van der Waals surface area contributed by atoms with Gasteiger partial charge in [0.15, 0.2) is 0 Å². The summed E-state index contributed by atoms with van der Waals surface area (Å²) in [5.74, 6) is -0.255. The lowest BCUT2D eigenvalue weighted by molar-refractivity contribution is -0.132. The van der Waals surface area contributed by atoms with Gasteiger partial charge in [0.2, 0.25) is 11.8 Å². The third kappa shape index (κ3) is 7.58. The molecule has 3 rings (SSSR count). The highest BCUT2D eigenvalue weighted by molar-refractivity contribution is 5.87. The van der Waals surface area contributed by atoms with Crippen LogP contribution < -0.4 is 10.6 Å². The predicted octanol–water partition coefficient (Wildman–Crippen LogP) is 3.03. The second kappa shape index (κ2) is 12.4. The molecule has 1 heterocycles. The van der Waals surface area contributed by atoms with Crippen LogP contribution in [0.3, 0.4) is 0 Å². The Hall–Kier alpha value is -2.90. The van der Waals surface area contributed by atoms with Crippen molar-refractivity contribution in [3.63, 3.8) is 0 Å². The molecule has 0 aromatic heterocycles. The minimum atomic E-state index is -1.26. The van der Waals surface area contributed by atoms with Gasteiger partial charge in [-0.1, -0.05) is 56.4 Å². The van der Waals surface area contributed by atoms with E-state index < -0.39 is 24.1 Å². The van der Waals surface area contributed by atoms with Crippen molar-refractivity contribution >= 4 is 24.2 Å². The standard InChI is InChI=1S/C25H35N3O5/c29-17-21(26-24(31)22(27-25(32)33)15-18-7-2-1-3-8-18)12-13-23(30)28-14-6-11-19-9-4-5-10-20(19)16-28/h4-5,9-10,17-18,21-22,27H,1-3,6-8,11-16H2,(H,26,31)(H,32,33). The van der Waals surface area contributed by atoms with Crippen molar-refractivity contribution in [2.24, 2.45) is 5.92 Å². The predicted molar refractivity (Wildman–Crippen MR) is 124 cm³/mol. The largest absolute Gasteiger partial charge is 0.465 e. The monoisotopic (exact) mass is 457 g/mol. The number of nitrogens with zero attached hydrogens (tertiary/aromatic N) is 1. The number of rotatable bonds is 9. The van der Waals surface area contributed by atoms with Gasteiger partial charge < -0.3 is 25.4 Å². The highest BCUT2D eigenvalue weighted by atomic mass is 16.4. The van der Waals surface area contributed by atoms with Gasteiger partial charge in [-0.2, -0.15) is 0 Å². The summed E-state index contributed by atoms with van der Waals surface area (Å²) >= 11 is 0. The van der Waals surface area contributed by atoms with E-state index in [0.717, 1.165) is 44.1 Å². The molecule has 3 amide bonds. The molecule has 180 valence electrons. The fourth-order valence-electron chi connectivity index (χ4n) is 4.94. The number of hydrogen-bond acceptors (Lipinski definition) is 4. The first-order valence-electron chi connectivity index (χ1n) is 12.1. The van der Waals surface area contributed by atoms with Crippen LogP contribution in [-0.2, 0) is 27.3 Å². The van der Waals surface area contributed by atoms with E-state index in [1.54, 1.807) is 0 Å². The van der Waals surface area contributed by atoms with Gasteiger partial charge in [-0.25, -0.2) is 4.79 Å². The van der Waals surface area contributed by atoms with Gasteiger partial charge in [-0.3, -0.25) is 9.59 Å². The Morgan fingerprint density at radius 2 is 1.79 bits per heavy atom. The van der Waals surface area contributed by atoms with Gasteiger partial charge >= 0.3 is 6.09 Å². The average molecular weight is 458 g/mol. The summed E-state index contributed by atoms with van der Waals surface area (Å²) in [5.41, 5.74) is 2.41. The van der Waals surface area contributed by atoms with E-state index in [1.165, 1.54) is 12.0 Å². The molecular formula is C25H35N3O5. The van der Waals surface area contributed by atoms with Gasteiger partial charge in [-0.15, -0.1) is 0 Å². The van der Waals surface area contributed by atoms with E-state index in [2.05, 4.69) is 16.7 Å². The molecule has 1 fully saturated rings. The van der Waals surface area contributed by atoms with Gasteiger partial charge in [-0.05, 0) is 42.7 Å². The molecule has 8 nitrogen and oxygen atoms in total. The van der Waals surface area contributed by atoms with Gasteiger partial charge in [0.25, 0.3) is 0 Å². The van der Waals surface area contributed by atoms with Crippen LogP contribution in [0.1, 0.15) is 68.9 Å². The topological polar surface area (TPSA) is 116 Å². The van der Waals surface area contributed by atoms with E-state index >= 15 is 0 Å². The molecule has 1 aromatic carbocycles. The molecule has 2 unspecified atom stereocenters. The highest BCUT2D eigenvalue weighted by Gasteiger charge is 2.28. The first-order chi connectivity index (χ1) is 16.0. The SMILES string of the molecule is O=CC(CCC(=O)N1CCCc2ccccc2C1)NC(=O)C(CC1CCCCC1)NC(=O)O. The zero-order chi connectivity index (χ0) is 23.6. The Morgan fingerprint density at radius 3 is 2.48 bits per heavy atom. The number of carbonyl (C=O) groups is 4. The van der Waals surface area contributed by atoms with E-state index in [-0.39, 0.29) is 18.7 Å². The lowest BCUT2D eigenvalue weighted by atomic mass is 9.84. The van der Waals surface area contributed by atoms with E-state index in [9.17, 15) is 19.2 Å². The molecule has 3 N–H and O–H groups in total. The molecule has 1 aliphatic heterocycles. The fraction of sp³-hybridized carbons (Fsp3) is 0.600. The summed E-state index contributed by atoms with van der Waals surface area (Å²) in [4.78, 5) is 50.2.